The summed E-state index contributed by atoms with van der Waals surface area (Å²) < 4.78 is 1.60. The van der Waals surface area contributed by atoms with Crippen molar-refractivity contribution in [1.29, 1.82) is 0 Å². The monoisotopic (exact) mass is 248 g/mol. The standard InChI is InChI=1S/C13H13ClN2O/c1-4-9-5-6-10(12(14)8(9)2)13-11(17)7-15-16(13)3/h4-7,17H,1H2,2-3H3. The quantitative estimate of drug-likeness (QED) is 0.885. The molecule has 1 heterocycles. The maximum Gasteiger partial charge on any atom is 0.161 e. The summed E-state index contributed by atoms with van der Waals surface area (Å²) in [6.07, 6.45) is 3.16. The highest BCUT2D eigenvalue weighted by Crippen LogP contribution is 2.36. The van der Waals surface area contributed by atoms with Crippen LogP contribution in [0.15, 0.2) is 24.9 Å². The maximum absolute atomic E-state index is 9.76. The van der Waals surface area contributed by atoms with E-state index in [1.54, 1.807) is 17.8 Å². The fourth-order valence-corrected chi connectivity index (χ4v) is 2.10. The molecule has 1 aromatic heterocycles. The average Bonchev–Trinajstić information content (AvgIpc) is 2.63. The molecule has 1 aromatic carbocycles. The molecule has 1 N–H and O–H groups in total. The third-order valence-corrected chi connectivity index (χ3v) is 3.31. The highest BCUT2D eigenvalue weighted by Gasteiger charge is 2.15. The van der Waals surface area contributed by atoms with E-state index in [1.807, 2.05) is 19.1 Å². The van der Waals surface area contributed by atoms with Crippen LogP contribution in [-0.4, -0.2) is 14.9 Å². The lowest BCUT2D eigenvalue weighted by Gasteiger charge is -2.10. The lowest BCUT2D eigenvalue weighted by atomic mass is 10.0. The van der Waals surface area contributed by atoms with Gasteiger partial charge in [-0.05, 0) is 18.1 Å². The maximum atomic E-state index is 9.76. The van der Waals surface area contributed by atoms with Crippen molar-refractivity contribution in [2.75, 3.05) is 0 Å². The molecule has 0 aliphatic carbocycles. The summed E-state index contributed by atoms with van der Waals surface area (Å²) in [5.41, 5.74) is 3.32. The molecule has 0 amide bonds. The van der Waals surface area contributed by atoms with E-state index < -0.39 is 0 Å². The van der Waals surface area contributed by atoms with Crippen molar-refractivity contribution in [2.45, 2.75) is 6.92 Å². The van der Waals surface area contributed by atoms with Crippen molar-refractivity contribution in [2.24, 2.45) is 7.05 Å². The minimum Gasteiger partial charge on any atom is -0.504 e. The molecule has 0 atom stereocenters. The number of hydrogen-bond donors (Lipinski definition) is 1. The Balaban J connectivity index is 2.70. The third kappa shape index (κ3) is 1.83. The molecule has 0 aliphatic heterocycles. The van der Waals surface area contributed by atoms with Crippen LogP contribution in [-0.2, 0) is 7.05 Å². The molecule has 0 fully saturated rings. The molecular weight excluding hydrogens is 236 g/mol. The Morgan fingerprint density at radius 3 is 2.71 bits per heavy atom. The Morgan fingerprint density at radius 2 is 2.18 bits per heavy atom. The predicted molar refractivity (Wildman–Crippen MR) is 70.1 cm³/mol. The molecule has 88 valence electrons. The van der Waals surface area contributed by atoms with E-state index in [4.69, 9.17) is 11.6 Å². The van der Waals surface area contributed by atoms with Gasteiger partial charge in [0.1, 0.15) is 5.69 Å². The highest BCUT2D eigenvalue weighted by molar-refractivity contribution is 6.34. The SMILES string of the molecule is C=Cc1ccc(-c2c(O)cnn2C)c(Cl)c1C. The zero-order valence-electron chi connectivity index (χ0n) is 9.74. The largest absolute Gasteiger partial charge is 0.504 e. The van der Waals surface area contributed by atoms with Crippen molar-refractivity contribution < 1.29 is 5.11 Å². The second-order valence-electron chi connectivity index (χ2n) is 3.85. The molecule has 4 heteroatoms. The summed E-state index contributed by atoms with van der Waals surface area (Å²) in [6, 6.07) is 3.79. The van der Waals surface area contributed by atoms with Gasteiger partial charge in [0, 0.05) is 12.6 Å². The number of aromatic nitrogens is 2. The van der Waals surface area contributed by atoms with Crippen LogP contribution in [0.3, 0.4) is 0 Å². The smallest absolute Gasteiger partial charge is 0.161 e. The van der Waals surface area contributed by atoms with Crippen molar-refractivity contribution in [3.63, 3.8) is 0 Å². The Hall–Kier alpha value is -1.74. The summed E-state index contributed by atoms with van der Waals surface area (Å²) in [7, 11) is 1.77. The van der Waals surface area contributed by atoms with Gasteiger partial charge in [0.05, 0.1) is 11.2 Å². The molecule has 0 bridgehead atoms. The molecule has 0 saturated heterocycles. The van der Waals surface area contributed by atoms with Crippen LogP contribution < -0.4 is 0 Å². The van der Waals surface area contributed by atoms with Crippen LogP contribution in [0.4, 0.5) is 0 Å². The first-order chi connectivity index (χ1) is 8.06. The zero-order chi connectivity index (χ0) is 12.6. The van der Waals surface area contributed by atoms with Gasteiger partial charge in [-0.15, -0.1) is 0 Å². The first-order valence-electron chi connectivity index (χ1n) is 5.19. The molecule has 0 unspecified atom stereocenters. The van der Waals surface area contributed by atoms with E-state index in [-0.39, 0.29) is 5.75 Å². The fourth-order valence-electron chi connectivity index (χ4n) is 1.84. The lowest BCUT2D eigenvalue weighted by Crippen LogP contribution is -1.95. The van der Waals surface area contributed by atoms with Crippen molar-refractivity contribution >= 4 is 17.7 Å². The number of aryl methyl sites for hydroxylation is 1. The Labute approximate surface area is 105 Å². The van der Waals surface area contributed by atoms with Gasteiger partial charge >= 0.3 is 0 Å². The molecule has 17 heavy (non-hydrogen) atoms. The van der Waals surface area contributed by atoms with Gasteiger partial charge in [-0.3, -0.25) is 4.68 Å². The van der Waals surface area contributed by atoms with Crippen LogP contribution >= 0.6 is 11.6 Å². The molecule has 0 spiro atoms. The Bertz CT molecular complexity index is 568. The Morgan fingerprint density at radius 1 is 1.47 bits per heavy atom. The van der Waals surface area contributed by atoms with Gasteiger partial charge < -0.3 is 5.11 Å². The van der Waals surface area contributed by atoms with Crippen molar-refractivity contribution in [1.82, 2.24) is 9.78 Å². The van der Waals surface area contributed by atoms with Crippen LogP contribution in [0, 0.1) is 6.92 Å². The summed E-state index contributed by atoms with van der Waals surface area (Å²) in [5, 5.41) is 14.4. The van der Waals surface area contributed by atoms with Gasteiger partial charge in [-0.2, -0.15) is 5.10 Å². The van der Waals surface area contributed by atoms with E-state index >= 15 is 0 Å². The van der Waals surface area contributed by atoms with E-state index in [1.165, 1.54) is 6.20 Å². The lowest BCUT2D eigenvalue weighted by molar-refractivity contribution is 0.477. The fraction of sp³-hybridized carbons (Fsp3) is 0.154. The first-order valence-corrected chi connectivity index (χ1v) is 5.57. The number of aromatic hydroxyl groups is 1. The summed E-state index contributed by atoms with van der Waals surface area (Å²) in [5.74, 6) is 0.125. The Kier molecular flexibility index (Phi) is 2.94. The molecule has 0 saturated carbocycles. The number of benzene rings is 1. The van der Waals surface area contributed by atoms with Gasteiger partial charge in [-0.25, -0.2) is 0 Å². The third-order valence-electron chi connectivity index (χ3n) is 2.82. The second-order valence-corrected chi connectivity index (χ2v) is 4.23. The molecule has 2 aromatic rings. The van der Waals surface area contributed by atoms with Crippen molar-refractivity contribution in [3.8, 4) is 17.0 Å². The minimum atomic E-state index is 0.125. The molecular formula is C13H13ClN2O. The number of hydrogen-bond acceptors (Lipinski definition) is 2. The molecule has 3 nitrogen and oxygen atoms in total. The van der Waals surface area contributed by atoms with Crippen molar-refractivity contribution in [3.05, 3.63) is 41.1 Å². The summed E-state index contributed by atoms with van der Waals surface area (Å²) in [6.45, 7) is 5.66. The molecule has 0 radical (unpaired) electrons. The number of rotatable bonds is 2. The van der Waals surface area contributed by atoms with Crippen LogP contribution in [0.2, 0.25) is 5.02 Å². The minimum absolute atomic E-state index is 0.125. The van der Waals surface area contributed by atoms with E-state index in [9.17, 15) is 5.11 Å². The summed E-state index contributed by atoms with van der Waals surface area (Å²) in [4.78, 5) is 0. The number of halogens is 1. The van der Waals surface area contributed by atoms with E-state index in [2.05, 4.69) is 11.7 Å². The van der Waals surface area contributed by atoms with Gasteiger partial charge in [0.2, 0.25) is 0 Å². The predicted octanol–water partition coefficient (Wildman–Crippen LogP) is 3.40. The topological polar surface area (TPSA) is 38.1 Å². The average molecular weight is 249 g/mol. The van der Waals surface area contributed by atoms with Crippen LogP contribution in [0.5, 0.6) is 5.75 Å². The second kappa shape index (κ2) is 4.26. The molecule has 0 aliphatic rings. The first kappa shape index (κ1) is 11.7. The van der Waals surface area contributed by atoms with Crippen LogP contribution in [0.1, 0.15) is 11.1 Å². The summed E-state index contributed by atoms with van der Waals surface area (Å²) >= 11 is 6.31. The normalized spacial score (nSPS) is 10.5. The van der Waals surface area contributed by atoms with Gasteiger partial charge in [-0.1, -0.05) is 36.4 Å². The van der Waals surface area contributed by atoms with Crippen LogP contribution in [0.25, 0.3) is 17.3 Å². The van der Waals surface area contributed by atoms with E-state index in [0.717, 1.165) is 16.7 Å². The van der Waals surface area contributed by atoms with Gasteiger partial charge in [0.25, 0.3) is 0 Å². The van der Waals surface area contributed by atoms with E-state index in [0.29, 0.717) is 10.7 Å². The number of nitrogens with zero attached hydrogens (tertiary/aromatic N) is 2. The van der Waals surface area contributed by atoms with Gasteiger partial charge in [0.15, 0.2) is 5.75 Å². The molecule has 2 rings (SSSR count). The zero-order valence-corrected chi connectivity index (χ0v) is 10.5. The highest BCUT2D eigenvalue weighted by atomic mass is 35.5.